The lowest BCUT2D eigenvalue weighted by atomic mass is 10.0. The average Bonchev–Trinajstić information content (AvgIpc) is 3.23. The van der Waals surface area contributed by atoms with E-state index in [0.717, 1.165) is 47.5 Å². The lowest BCUT2D eigenvalue weighted by Gasteiger charge is -2.33. The third kappa shape index (κ3) is 3.89. The Morgan fingerprint density at radius 2 is 1.79 bits per heavy atom. The maximum Gasteiger partial charge on any atom is 0.254 e. The highest BCUT2D eigenvalue weighted by Gasteiger charge is 2.25. The summed E-state index contributed by atoms with van der Waals surface area (Å²) in [5.41, 5.74) is 6.13. The highest BCUT2D eigenvalue weighted by atomic mass is 16.2. The number of nitrogens with zero attached hydrogens (tertiary/aromatic N) is 4. The molecular weight excluding hydrogens is 408 g/mol. The van der Waals surface area contributed by atoms with Crippen molar-refractivity contribution in [3.05, 3.63) is 83.4 Å². The van der Waals surface area contributed by atoms with Crippen molar-refractivity contribution in [3.63, 3.8) is 0 Å². The van der Waals surface area contributed by atoms with E-state index in [1.807, 2.05) is 35.2 Å². The number of amides is 1. The fourth-order valence-corrected chi connectivity index (χ4v) is 4.62. The lowest BCUT2D eigenvalue weighted by molar-refractivity contribution is 0.0636. The SMILES string of the molecule is Cc1ccc(-n2c(-c3ccc(C#N)cc3)nc3cc(C(=O)N4CCCCC4C)ccc32)cc1. The topological polar surface area (TPSA) is 61.9 Å². The number of carbonyl (C=O) groups excluding carboxylic acids is 1. The van der Waals surface area contributed by atoms with E-state index < -0.39 is 0 Å². The Kier molecular flexibility index (Phi) is 5.43. The highest BCUT2D eigenvalue weighted by Crippen LogP contribution is 2.30. The summed E-state index contributed by atoms with van der Waals surface area (Å²) in [7, 11) is 0. The minimum absolute atomic E-state index is 0.0777. The second-order valence-electron chi connectivity index (χ2n) is 8.84. The normalized spacial score (nSPS) is 16.0. The van der Waals surface area contributed by atoms with E-state index in [2.05, 4.69) is 48.7 Å². The summed E-state index contributed by atoms with van der Waals surface area (Å²) >= 11 is 0. The molecule has 4 aromatic rings. The van der Waals surface area contributed by atoms with Crippen molar-refractivity contribution < 1.29 is 4.79 Å². The Bertz CT molecular complexity index is 1360. The minimum atomic E-state index is 0.0777. The van der Waals surface area contributed by atoms with Gasteiger partial charge in [-0.1, -0.05) is 17.7 Å². The zero-order valence-corrected chi connectivity index (χ0v) is 19.0. The predicted octanol–water partition coefficient (Wildman–Crippen LogP) is 5.89. The Morgan fingerprint density at radius 3 is 2.48 bits per heavy atom. The number of carbonyl (C=O) groups is 1. The summed E-state index contributed by atoms with van der Waals surface area (Å²) in [5.74, 6) is 0.864. The van der Waals surface area contributed by atoms with Crippen molar-refractivity contribution in [1.82, 2.24) is 14.5 Å². The molecule has 1 unspecified atom stereocenters. The zero-order chi connectivity index (χ0) is 22.9. The number of likely N-dealkylation sites (tertiary alicyclic amines) is 1. The number of hydrogen-bond donors (Lipinski definition) is 0. The maximum atomic E-state index is 13.3. The molecule has 0 saturated carbocycles. The van der Waals surface area contributed by atoms with Crippen LogP contribution in [0.4, 0.5) is 0 Å². The lowest BCUT2D eigenvalue weighted by Crippen LogP contribution is -2.42. The first-order chi connectivity index (χ1) is 16.0. The molecule has 33 heavy (non-hydrogen) atoms. The smallest absolute Gasteiger partial charge is 0.254 e. The van der Waals surface area contributed by atoms with Crippen molar-refractivity contribution >= 4 is 16.9 Å². The van der Waals surface area contributed by atoms with E-state index in [1.54, 1.807) is 12.1 Å². The largest absolute Gasteiger partial charge is 0.336 e. The molecule has 0 bridgehead atoms. The fraction of sp³-hybridized carbons (Fsp3) is 0.250. The van der Waals surface area contributed by atoms with E-state index in [4.69, 9.17) is 4.98 Å². The van der Waals surface area contributed by atoms with Crippen LogP contribution < -0.4 is 0 Å². The number of benzene rings is 3. The summed E-state index contributed by atoms with van der Waals surface area (Å²) in [6.07, 6.45) is 3.29. The molecule has 1 fully saturated rings. The van der Waals surface area contributed by atoms with Crippen molar-refractivity contribution in [2.24, 2.45) is 0 Å². The van der Waals surface area contributed by atoms with E-state index in [0.29, 0.717) is 11.1 Å². The number of aryl methyl sites for hydroxylation is 1. The van der Waals surface area contributed by atoms with Gasteiger partial charge in [0.2, 0.25) is 0 Å². The molecule has 1 saturated heterocycles. The van der Waals surface area contributed by atoms with Crippen LogP contribution in [0.3, 0.4) is 0 Å². The monoisotopic (exact) mass is 434 g/mol. The van der Waals surface area contributed by atoms with Gasteiger partial charge in [0.15, 0.2) is 0 Å². The van der Waals surface area contributed by atoms with Gasteiger partial charge in [-0.2, -0.15) is 5.26 Å². The van der Waals surface area contributed by atoms with Crippen LogP contribution in [-0.2, 0) is 0 Å². The van der Waals surface area contributed by atoms with Gasteiger partial charge >= 0.3 is 0 Å². The molecule has 1 aromatic heterocycles. The molecular formula is C28H26N4O. The van der Waals surface area contributed by atoms with Crippen LogP contribution in [0.1, 0.15) is 47.7 Å². The zero-order valence-electron chi connectivity index (χ0n) is 19.0. The van der Waals surface area contributed by atoms with E-state index in [1.165, 1.54) is 12.0 Å². The summed E-state index contributed by atoms with van der Waals surface area (Å²) in [5, 5.41) is 9.17. The Morgan fingerprint density at radius 1 is 1.03 bits per heavy atom. The molecule has 5 nitrogen and oxygen atoms in total. The molecule has 3 aromatic carbocycles. The van der Waals surface area contributed by atoms with Gasteiger partial charge in [0.05, 0.1) is 22.7 Å². The summed E-state index contributed by atoms with van der Waals surface area (Å²) in [6, 6.07) is 24.0. The van der Waals surface area contributed by atoms with Gasteiger partial charge < -0.3 is 4.90 Å². The van der Waals surface area contributed by atoms with Gasteiger partial charge in [-0.05, 0) is 87.7 Å². The van der Waals surface area contributed by atoms with Crippen LogP contribution in [0.2, 0.25) is 0 Å². The van der Waals surface area contributed by atoms with Crippen LogP contribution in [0, 0.1) is 18.3 Å². The van der Waals surface area contributed by atoms with Gasteiger partial charge in [0.1, 0.15) is 5.82 Å². The van der Waals surface area contributed by atoms with Crippen LogP contribution >= 0.6 is 0 Å². The van der Waals surface area contributed by atoms with Gasteiger partial charge in [-0.15, -0.1) is 0 Å². The van der Waals surface area contributed by atoms with Gasteiger partial charge in [-0.3, -0.25) is 9.36 Å². The average molecular weight is 435 g/mol. The molecule has 0 spiro atoms. The molecule has 0 aliphatic carbocycles. The van der Waals surface area contributed by atoms with Crippen molar-refractivity contribution in [2.75, 3.05) is 6.54 Å². The van der Waals surface area contributed by atoms with Gasteiger partial charge in [-0.25, -0.2) is 4.98 Å². The quantitative estimate of drug-likeness (QED) is 0.404. The summed E-state index contributed by atoms with van der Waals surface area (Å²) < 4.78 is 2.12. The first-order valence-corrected chi connectivity index (χ1v) is 11.5. The van der Waals surface area contributed by atoms with Crippen molar-refractivity contribution in [3.8, 4) is 23.1 Å². The van der Waals surface area contributed by atoms with E-state index >= 15 is 0 Å². The molecule has 0 N–H and O–H groups in total. The summed E-state index contributed by atoms with van der Waals surface area (Å²) in [4.78, 5) is 20.2. The number of rotatable bonds is 3. The molecule has 2 heterocycles. The van der Waals surface area contributed by atoms with E-state index in [9.17, 15) is 10.1 Å². The number of imidazole rings is 1. The van der Waals surface area contributed by atoms with Crippen molar-refractivity contribution in [2.45, 2.75) is 39.2 Å². The molecule has 1 atom stereocenters. The second kappa shape index (κ2) is 8.55. The summed E-state index contributed by atoms with van der Waals surface area (Å²) in [6.45, 7) is 5.01. The first kappa shape index (κ1) is 21.0. The van der Waals surface area contributed by atoms with Gasteiger partial charge in [0, 0.05) is 29.4 Å². The Labute approximate surface area is 193 Å². The fourth-order valence-electron chi connectivity index (χ4n) is 4.62. The van der Waals surface area contributed by atoms with Crippen molar-refractivity contribution in [1.29, 1.82) is 5.26 Å². The molecule has 5 rings (SSSR count). The number of nitriles is 1. The standard InChI is InChI=1S/C28H26N4O/c1-19-6-13-24(14-7-19)32-26-15-12-23(28(33)31-16-4-3-5-20(31)2)17-25(26)30-27(32)22-10-8-21(18-29)9-11-22/h6-15,17,20H,3-5,16H2,1-2H3. The predicted molar refractivity (Wildman–Crippen MR) is 130 cm³/mol. The molecule has 164 valence electrons. The third-order valence-corrected chi connectivity index (χ3v) is 6.53. The van der Waals surface area contributed by atoms with Crippen LogP contribution in [0.15, 0.2) is 66.7 Å². The second-order valence-corrected chi connectivity index (χ2v) is 8.84. The molecule has 1 aliphatic heterocycles. The van der Waals surface area contributed by atoms with Crippen LogP contribution in [-0.4, -0.2) is 32.9 Å². The number of aromatic nitrogens is 2. The first-order valence-electron chi connectivity index (χ1n) is 11.5. The minimum Gasteiger partial charge on any atom is -0.336 e. The molecule has 1 aliphatic rings. The van der Waals surface area contributed by atoms with E-state index in [-0.39, 0.29) is 11.9 Å². The van der Waals surface area contributed by atoms with Crippen LogP contribution in [0.5, 0.6) is 0 Å². The maximum absolute atomic E-state index is 13.3. The Hall–Kier alpha value is -3.91. The molecule has 1 amide bonds. The van der Waals surface area contributed by atoms with Crippen LogP contribution in [0.25, 0.3) is 28.1 Å². The number of fused-ring (bicyclic) bond motifs is 1. The Balaban J connectivity index is 1.64. The number of hydrogen-bond acceptors (Lipinski definition) is 3. The third-order valence-electron chi connectivity index (χ3n) is 6.53. The van der Waals surface area contributed by atoms with Gasteiger partial charge in [0.25, 0.3) is 5.91 Å². The molecule has 5 heteroatoms. The highest BCUT2D eigenvalue weighted by molar-refractivity contribution is 5.98. The number of piperidine rings is 1. The molecule has 0 radical (unpaired) electrons.